The number of aromatic nitrogens is 2. The van der Waals surface area contributed by atoms with Gasteiger partial charge in [-0.1, -0.05) is 25.2 Å². The van der Waals surface area contributed by atoms with E-state index in [2.05, 4.69) is 28.9 Å². The fraction of sp³-hybridized carbons (Fsp3) is 0.833. The Morgan fingerprint density at radius 3 is 2.71 bits per heavy atom. The highest BCUT2D eigenvalue weighted by molar-refractivity contribution is 7.15. The van der Waals surface area contributed by atoms with E-state index in [1.807, 2.05) is 6.92 Å². The molecule has 2 atom stereocenters. The van der Waals surface area contributed by atoms with Gasteiger partial charge in [-0.3, -0.25) is 0 Å². The van der Waals surface area contributed by atoms with Crippen LogP contribution in [0.3, 0.4) is 0 Å². The summed E-state index contributed by atoms with van der Waals surface area (Å²) >= 11 is 1.68. The zero-order valence-electron chi connectivity index (χ0n) is 10.8. The Kier molecular flexibility index (Phi) is 3.99. The molecule has 1 fully saturated rings. The fourth-order valence-corrected chi connectivity index (χ4v) is 3.05. The Morgan fingerprint density at radius 1 is 1.35 bits per heavy atom. The average Bonchev–Trinajstić information content (AvgIpc) is 2.78. The lowest BCUT2D eigenvalue weighted by molar-refractivity contribution is 0.115. The molecule has 0 spiro atoms. The molecule has 1 aliphatic rings. The first-order chi connectivity index (χ1) is 8.08. The summed E-state index contributed by atoms with van der Waals surface area (Å²) in [5, 5.41) is 20.3. The standard InChI is InChI=1S/C12H21N3OS/c1-8(2)11-13-14-12(17-11)15-6-4-5-10(7-15)9(3)16/h8-10,16H,4-7H2,1-3H3. The first-order valence-corrected chi connectivity index (χ1v) is 7.16. The largest absolute Gasteiger partial charge is 0.393 e. The maximum absolute atomic E-state index is 9.68. The molecule has 0 radical (unpaired) electrons. The van der Waals surface area contributed by atoms with E-state index in [4.69, 9.17) is 0 Å². The molecule has 0 aliphatic carbocycles. The number of aliphatic hydroxyl groups excluding tert-OH is 1. The summed E-state index contributed by atoms with van der Waals surface area (Å²) < 4.78 is 0. The van der Waals surface area contributed by atoms with Gasteiger partial charge in [0.2, 0.25) is 5.13 Å². The number of nitrogens with zero attached hydrogens (tertiary/aromatic N) is 3. The molecule has 0 bridgehead atoms. The molecule has 1 aromatic rings. The molecule has 5 heteroatoms. The number of hydrogen-bond donors (Lipinski definition) is 1. The van der Waals surface area contributed by atoms with Gasteiger partial charge in [0, 0.05) is 24.9 Å². The molecule has 0 aromatic carbocycles. The van der Waals surface area contributed by atoms with E-state index in [1.54, 1.807) is 11.3 Å². The molecule has 2 rings (SSSR count). The van der Waals surface area contributed by atoms with Crippen molar-refractivity contribution in [1.29, 1.82) is 0 Å². The average molecular weight is 255 g/mol. The Hall–Kier alpha value is -0.680. The minimum absolute atomic E-state index is 0.227. The first kappa shape index (κ1) is 12.8. The van der Waals surface area contributed by atoms with Crippen LogP contribution in [-0.4, -0.2) is 34.5 Å². The summed E-state index contributed by atoms with van der Waals surface area (Å²) in [7, 11) is 0. The van der Waals surface area contributed by atoms with E-state index in [-0.39, 0.29) is 6.10 Å². The van der Waals surface area contributed by atoms with Gasteiger partial charge in [-0.2, -0.15) is 0 Å². The molecule has 17 heavy (non-hydrogen) atoms. The van der Waals surface area contributed by atoms with Crippen molar-refractivity contribution in [1.82, 2.24) is 10.2 Å². The van der Waals surface area contributed by atoms with E-state index in [9.17, 15) is 5.11 Å². The van der Waals surface area contributed by atoms with Gasteiger partial charge in [-0.15, -0.1) is 10.2 Å². The van der Waals surface area contributed by atoms with Crippen molar-refractivity contribution >= 4 is 16.5 Å². The summed E-state index contributed by atoms with van der Waals surface area (Å²) in [6.07, 6.45) is 2.02. The van der Waals surface area contributed by atoms with Crippen molar-refractivity contribution < 1.29 is 5.11 Å². The molecule has 96 valence electrons. The van der Waals surface area contributed by atoms with Gasteiger partial charge in [0.1, 0.15) is 5.01 Å². The molecular formula is C12H21N3OS. The molecule has 1 N–H and O–H groups in total. The van der Waals surface area contributed by atoms with Crippen molar-refractivity contribution in [3.8, 4) is 0 Å². The predicted molar refractivity (Wildman–Crippen MR) is 70.6 cm³/mol. The number of piperidine rings is 1. The molecule has 2 heterocycles. The van der Waals surface area contributed by atoms with E-state index in [0.717, 1.165) is 36.1 Å². The highest BCUT2D eigenvalue weighted by Gasteiger charge is 2.25. The van der Waals surface area contributed by atoms with Gasteiger partial charge in [-0.25, -0.2) is 0 Å². The van der Waals surface area contributed by atoms with Crippen LogP contribution < -0.4 is 4.90 Å². The second kappa shape index (κ2) is 5.31. The SMILES string of the molecule is CC(C)c1nnc(N2CCCC(C(C)O)C2)s1. The van der Waals surface area contributed by atoms with Gasteiger partial charge in [0.25, 0.3) is 0 Å². The molecule has 0 amide bonds. The Bertz CT molecular complexity index is 364. The number of aliphatic hydroxyl groups is 1. The number of anilines is 1. The maximum Gasteiger partial charge on any atom is 0.208 e. The number of hydrogen-bond acceptors (Lipinski definition) is 5. The van der Waals surface area contributed by atoms with Gasteiger partial charge in [0.15, 0.2) is 0 Å². The van der Waals surface area contributed by atoms with E-state index >= 15 is 0 Å². The first-order valence-electron chi connectivity index (χ1n) is 6.34. The topological polar surface area (TPSA) is 49.2 Å². The lowest BCUT2D eigenvalue weighted by atomic mass is 9.94. The van der Waals surface area contributed by atoms with Gasteiger partial charge >= 0.3 is 0 Å². The molecule has 1 saturated heterocycles. The minimum Gasteiger partial charge on any atom is -0.393 e. The molecule has 0 saturated carbocycles. The Balaban J connectivity index is 2.05. The van der Waals surface area contributed by atoms with Crippen LogP contribution in [0.4, 0.5) is 5.13 Å². The summed E-state index contributed by atoms with van der Waals surface area (Å²) in [6.45, 7) is 8.10. The smallest absolute Gasteiger partial charge is 0.208 e. The van der Waals surface area contributed by atoms with Crippen molar-refractivity contribution in [2.45, 2.75) is 45.6 Å². The molecule has 2 unspecified atom stereocenters. The van der Waals surface area contributed by atoms with Crippen LogP contribution in [-0.2, 0) is 0 Å². The van der Waals surface area contributed by atoms with E-state index in [0.29, 0.717) is 11.8 Å². The highest BCUT2D eigenvalue weighted by Crippen LogP contribution is 2.29. The Labute approximate surface area is 107 Å². The van der Waals surface area contributed by atoms with Crippen molar-refractivity contribution in [2.75, 3.05) is 18.0 Å². The zero-order chi connectivity index (χ0) is 12.4. The van der Waals surface area contributed by atoms with Gasteiger partial charge in [0.05, 0.1) is 6.10 Å². The third kappa shape index (κ3) is 2.96. The van der Waals surface area contributed by atoms with Crippen LogP contribution in [0.1, 0.15) is 44.5 Å². The second-order valence-electron chi connectivity index (χ2n) is 5.17. The van der Waals surface area contributed by atoms with Crippen LogP contribution in [0.5, 0.6) is 0 Å². The molecule has 4 nitrogen and oxygen atoms in total. The summed E-state index contributed by atoms with van der Waals surface area (Å²) in [5.74, 6) is 0.814. The second-order valence-corrected chi connectivity index (χ2v) is 6.15. The molecule has 1 aromatic heterocycles. The minimum atomic E-state index is -0.227. The van der Waals surface area contributed by atoms with Crippen LogP contribution in [0.2, 0.25) is 0 Å². The molecular weight excluding hydrogens is 234 g/mol. The van der Waals surface area contributed by atoms with Gasteiger partial charge in [-0.05, 0) is 19.8 Å². The maximum atomic E-state index is 9.68. The number of rotatable bonds is 3. The van der Waals surface area contributed by atoms with Crippen LogP contribution in [0, 0.1) is 5.92 Å². The Morgan fingerprint density at radius 2 is 2.12 bits per heavy atom. The van der Waals surface area contributed by atoms with Crippen LogP contribution in [0.25, 0.3) is 0 Å². The van der Waals surface area contributed by atoms with Crippen molar-refractivity contribution in [3.05, 3.63) is 5.01 Å². The third-order valence-electron chi connectivity index (χ3n) is 3.33. The normalized spacial score (nSPS) is 23.1. The summed E-state index contributed by atoms with van der Waals surface area (Å²) in [6, 6.07) is 0. The van der Waals surface area contributed by atoms with Crippen LogP contribution >= 0.6 is 11.3 Å². The summed E-state index contributed by atoms with van der Waals surface area (Å²) in [5.41, 5.74) is 0. The van der Waals surface area contributed by atoms with Gasteiger partial charge < -0.3 is 10.0 Å². The van der Waals surface area contributed by atoms with Crippen molar-refractivity contribution in [3.63, 3.8) is 0 Å². The fourth-order valence-electron chi connectivity index (χ4n) is 2.16. The van der Waals surface area contributed by atoms with E-state index < -0.39 is 0 Å². The summed E-state index contributed by atoms with van der Waals surface area (Å²) in [4.78, 5) is 2.27. The van der Waals surface area contributed by atoms with Crippen molar-refractivity contribution in [2.24, 2.45) is 5.92 Å². The molecule has 1 aliphatic heterocycles. The quantitative estimate of drug-likeness (QED) is 0.900. The lowest BCUT2D eigenvalue weighted by Gasteiger charge is -2.33. The highest BCUT2D eigenvalue weighted by atomic mass is 32.1. The zero-order valence-corrected chi connectivity index (χ0v) is 11.6. The van der Waals surface area contributed by atoms with E-state index in [1.165, 1.54) is 0 Å². The third-order valence-corrected chi connectivity index (χ3v) is 4.62. The monoisotopic (exact) mass is 255 g/mol. The predicted octanol–water partition coefficient (Wildman–Crippen LogP) is 2.26. The lowest BCUT2D eigenvalue weighted by Crippen LogP contribution is -2.39. The van der Waals surface area contributed by atoms with Crippen LogP contribution in [0.15, 0.2) is 0 Å².